The quantitative estimate of drug-likeness (QED) is 0.803. The van der Waals surface area contributed by atoms with Gasteiger partial charge in [-0.25, -0.2) is 4.98 Å². The van der Waals surface area contributed by atoms with Crippen LogP contribution in [0, 0.1) is 0 Å². The van der Waals surface area contributed by atoms with Crippen molar-refractivity contribution in [3.8, 4) is 0 Å². The lowest BCUT2D eigenvalue weighted by Crippen LogP contribution is -2.37. The summed E-state index contributed by atoms with van der Waals surface area (Å²) in [7, 11) is 0. The van der Waals surface area contributed by atoms with Crippen LogP contribution < -0.4 is 4.90 Å². The summed E-state index contributed by atoms with van der Waals surface area (Å²) in [5.41, 5.74) is 0. The second-order valence-electron chi connectivity index (χ2n) is 3.95. The highest BCUT2D eigenvalue weighted by molar-refractivity contribution is 9.10. The van der Waals surface area contributed by atoms with E-state index in [1.807, 2.05) is 6.92 Å². The number of halogens is 2. The average Bonchev–Trinajstić information content (AvgIpc) is 2.34. The molecule has 1 saturated heterocycles. The Morgan fingerprint density at radius 1 is 1.53 bits per heavy atom. The van der Waals surface area contributed by atoms with Crippen LogP contribution in [0.5, 0.6) is 0 Å². The topological polar surface area (TPSA) is 38.2 Å². The highest BCUT2D eigenvalue weighted by Gasteiger charge is 2.22. The van der Waals surface area contributed by atoms with E-state index in [0.29, 0.717) is 6.10 Å². The fourth-order valence-electron chi connectivity index (χ4n) is 2.03. The molecule has 1 aliphatic rings. The maximum atomic E-state index is 5.82. The first kappa shape index (κ1) is 13.1. The van der Waals surface area contributed by atoms with Crippen molar-refractivity contribution in [3.05, 3.63) is 16.0 Å². The minimum Gasteiger partial charge on any atom is -0.378 e. The molecule has 0 atom stereocenters. The molecular weight excluding hydrogens is 305 g/mol. The van der Waals surface area contributed by atoms with Gasteiger partial charge in [0.05, 0.1) is 10.6 Å². The van der Waals surface area contributed by atoms with Crippen molar-refractivity contribution in [2.75, 3.05) is 24.6 Å². The summed E-state index contributed by atoms with van der Waals surface area (Å²) in [6.07, 6.45) is 4.13. The van der Waals surface area contributed by atoms with Gasteiger partial charge in [0.1, 0.15) is 5.82 Å². The van der Waals surface area contributed by atoms with Gasteiger partial charge in [0.25, 0.3) is 0 Å². The molecule has 0 aromatic carbocycles. The van der Waals surface area contributed by atoms with E-state index in [2.05, 4.69) is 30.8 Å². The van der Waals surface area contributed by atoms with Crippen LogP contribution in [0.1, 0.15) is 19.8 Å². The third-order valence-electron chi connectivity index (χ3n) is 2.84. The fraction of sp³-hybridized carbons (Fsp3) is 0.636. The molecular formula is C11H15BrClN3O. The summed E-state index contributed by atoms with van der Waals surface area (Å²) in [4.78, 5) is 10.4. The Morgan fingerprint density at radius 3 is 2.88 bits per heavy atom. The number of hydrogen-bond donors (Lipinski definition) is 0. The summed E-state index contributed by atoms with van der Waals surface area (Å²) in [5, 5.41) is 0.287. The van der Waals surface area contributed by atoms with Gasteiger partial charge in [-0.2, -0.15) is 4.98 Å². The maximum Gasteiger partial charge on any atom is 0.224 e. The molecule has 1 aliphatic heterocycles. The van der Waals surface area contributed by atoms with Gasteiger partial charge in [-0.05, 0) is 47.3 Å². The highest BCUT2D eigenvalue weighted by Crippen LogP contribution is 2.27. The number of ether oxygens (including phenoxy) is 1. The van der Waals surface area contributed by atoms with E-state index in [9.17, 15) is 0 Å². The molecule has 0 saturated carbocycles. The normalized spacial score (nSPS) is 17.5. The molecule has 2 rings (SSSR count). The first-order chi connectivity index (χ1) is 8.20. The van der Waals surface area contributed by atoms with E-state index < -0.39 is 0 Å². The largest absolute Gasteiger partial charge is 0.378 e. The molecule has 6 heteroatoms. The Bertz CT molecular complexity index is 383. The van der Waals surface area contributed by atoms with Gasteiger partial charge >= 0.3 is 0 Å². The Balaban J connectivity index is 2.02. The van der Waals surface area contributed by atoms with Crippen LogP contribution in [0.15, 0.2) is 10.7 Å². The lowest BCUT2D eigenvalue weighted by atomic mass is 10.1. The smallest absolute Gasteiger partial charge is 0.224 e. The van der Waals surface area contributed by atoms with Crippen LogP contribution >= 0.6 is 27.5 Å². The molecule has 1 aromatic heterocycles. The van der Waals surface area contributed by atoms with Gasteiger partial charge in [0, 0.05) is 25.9 Å². The van der Waals surface area contributed by atoms with Gasteiger partial charge in [0.15, 0.2) is 0 Å². The molecule has 0 amide bonds. The van der Waals surface area contributed by atoms with Crippen LogP contribution in [0.25, 0.3) is 0 Å². The molecule has 17 heavy (non-hydrogen) atoms. The Labute approximate surface area is 114 Å². The molecule has 0 aliphatic carbocycles. The zero-order valence-corrected chi connectivity index (χ0v) is 12.0. The Hall–Kier alpha value is -0.390. The molecule has 94 valence electrons. The first-order valence-electron chi connectivity index (χ1n) is 5.75. The van der Waals surface area contributed by atoms with Gasteiger partial charge in [-0.1, -0.05) is 0 Å². The third-order valence-corrected chi connectivity index (χ3v) is 3.58. The average molecular weight is 321 g/mol. The van der Waals surface area contributed by atoms with E-state index in [0.717, 1.165) is 42.8 Å². The Kier molecular flexibility index (Phi) is 4.59. The predicted molar refractivity (Wildman–Crippen MR) is 71.6 cm³/mol. The third kappa shape index (κ3) is 3.30. The van der Waals surface area contributed by atoms with Crippen LogP contribution in [-0.4, -0.2) is 35.8 Å². The van der Waals surface area contributed by atoms with Crippen molar-refractivity contribution in [3.63, 3.8) is 0 Å². The fourth-order valence-corrected chi connectivity index (χ4v) is 2.60. The second-order valence-corrected chi connectivity index (χ2v) is 5.14. The minimum absolute atomic E-state index is 0.287. The van der Waals surface area contributed by atoms with Crippen LogP contribution in [0.4, 0.5) is 5.82 Å². The molecule has 4 nitrogen and oxygen atoms in total. The van der Waals surface area contributed by atoms with Gasteiger partial charge in [0.2, 0.25) is 5.28 Å². The number of rotatable bonds is 3. The summed E-state index contributed by atoms with van der Waals surface area (Å²) >= 11 is 9.28. The van der Waals surface area contributed by atoms with E-state index >= 15 is 0 Å². The highest BCUT2D eigenvalue weighted by atomic mass is 79.9. The standard InChI is InChI=1S/C11H15BrClN3O/c1-2-17-8-3-5-16(6-4-8)10-9(12)7-14-11(13)15-10/h7-8H,2-6H2,1H3. The zero-order valence-electron chi connectivity index (χ0n) is 9.70. The van der Waals surface area contributed by atoms with Crippen molar-refractivity contribution in [2.24, 2.45) is 0 Å². The predicted octanol–water partition coefficient (Wildman–Crippen LogP) is 2.90. The summed E-state index contributed by atoms with van der Waals surface area (Å²) in [6, 6.07) is 0. The first-order valence-corrected chi connectivity index (χ1v) is 6.92. The molecule has 0 spiro atoms. The van der Waals surface area contributed by atoms with Crippen molar-refractivity contribution in [1.29, 1.82) is 0 Å². The van der Waals surface area contributed by atoms with Gasteiger partial charge in [-0.3, -0.25) is 0 Å². The summed E-state index contributed by atoms with van der Waals surface area (Å²) in [5.74, 6) is 0.875. The number of hydrogen-bond acceptors (Lipinski definition) is 4. The van der Waals surface area contributed by atoms with Crippen molar-refractivity contribution < 1.29 is 4.74 Å². The molecule has 2 heterocycles. The molecule has 0 unspecified atom stereocenters. The minimum atomic E-state index is 0.287. The van der Waals surface area contributed by atoms with Crippen molar-refractivity contribution in [2.45, 2.75) is 25.9 Å². The molecule has 0 bridgehead atoms. The zero-order chi connectivity index (χ0) is 12.3. The van der Waals surface area contributed by atoms with E-state index in [1.165, 1.54) is 0 Å². The summed E-state index contributed by atoms with van der Waals surface area (Å²) < 4.78 is 6.51. The van der Waals surface area contributed by atoms with Gasteiger partial charge in [-0.15, -0.1) is 0 Å². The molecule has 1 aromatic rings. The van der Waals surface area contributed by atoms with Crippen LogP contribution in [0.3, 0.4) is 0 Å². The Morgan fingerprint density at radius 2 is 2.24 bits per heavy atom. The van der Waals surface area contributed by atoms with E-state index in [-0.39, 0.29) is 5.28 Å². The van der Waals surface area contributed by atoms with Crippen LogP contribution in [-0.2, 0) is 4.74 Å². The van der Waals surface area contributed by atoms with E-state index in [4.69, 9.17) is 16.3 Å². The number of anilines is 1. The monoisotopic (exact) mass is 319 g/mol. The lowest BCUT2D eigenvalue weighted by Gasteiger charge is -2.32. The number of nitrogens with zero attached hydrogens (tertiary/aromatic N) is 3. The lowest BCUT2D eigenvalue weighted by molar-refractivity contribution is 0.0458. The van der Waals surface area contributed by atoms with Crippen molar-refractivity contribution >= 4 is 33.3 Å². The van der Waals surface area contributed by atoms with E-state index in [1.54, 1.807) is 6.20 Å². The second kappa shape index (κ2) is 5.98. The van der Waals surface area contributed by atoms with Gasteiger partial charge < -0.3 is 9.64 Å². The summed E-state index contributed by atoms with van der Waals surface area (Å²) in [6.45, 7) is 4.70. The molecule has 0 radical (unpaired) electrons. The van der Waals surface area contributed by atoms with Crippen molar-refractivity contribution in [1.82, 2.24) is 9.97 Å². The molecule has 0 N–H and O–H groups in total. The number of piperidine rings is 1. The SMILES string of the molecule is CCOC1CCN(c2nc(Cl)ncc2Br)CC1. The van der Waals surface area contributed by atoms with Crippen LogP contribution in [0.2, 0.25) is 5.28 Å². The number of aromatic nitrogens is 2. The maximum absolute atomic E-state index is 5.82. The molecule has 1 fully saturated rings.